The molecule has 2 saturated heterocycles. The van der Waals surface area contributed by atoms with Gasteiger partial charge in [0, 0.05) is 31.4 Å². The molecular formula is C51H86N2O4. The number of rotatable bonds is 36. The molecule has 0 aromatic carbocycles. The molecule has 0 spiro atoms. The molecule has 1 aromatic rings. The van der Waals surface area contributed by atoms with Gasteiger partial charge >= 0.3 is 0 Å². The molecule has 2 aliphatic rings. The highest BCUT2D eigenvalue weighted by atomic mass is 16.7. The Morgan fingerprint density at radius 2 is 1.04 bits per heavy atom. The van der Waals surface area contributed by atoms with Crippen LogP contribution in [0.5, 0.6) is 0 Å². The Labute approximate surface area is 351 Å². The lowest BCUT2D eigenvalue weighted by Gasteiger charge is -2.31. The van der Waals surface area contributed by atoms with E-state index >= 15 is 0 Å². The van der Waals surface area contributed by atoms with Crippen molar-refractivity contribution in [3.8, 4) is 0 Å². The van der Waals surface area contributed by atoms with E-state index in [2.05, 4.69) is 85.5 Å². The van der Waals surface area contributed by atoms with Crippen LogP contribution in [-0.2, 0) is 25.5 Å². The fraction of sp³-hybridized carbons (Fsp3) is 0.745. The molecule has 4 atom stereocenters. The van der Waals surface area contributed by atoms with Crippen LogP contribution in [0.2, 0.25) is 0 Å². The quantitative estimate of drug-likeness (QED) is 0.0498. The molecular weight excluding hydrogens is 705 g/mol. The smallest absolute Gasteiger partial charge is 0.158 e. The third-order valence-electron chi connectivity index (χ3n) is 11.5. The minimum Gasteiger partial charge on any atom is -0.350 e. The van der Waals surface area contributed by atoms with E-state index in [9.17, 15) is 0 Å². The zero-order chi connectivity index (χ0) is 40.3. The summed E-state index contributed by atoms with van der Waals surface area (Å²) in [5.41, 5.74) is 1.22. The van der Waals surface area contributed by atoms with Gasteiger partial charge in [0.2, 0.25) is 0 Å². The third-order valence-corrected chi connectivity index (χ3v) is 11.5. The molecule has 2 aliphatic heterocycles. The van der Waals surface area contributed by atoms with Crippen LogP contribution in [0.4, 0.5) is 0 Å². The fourth-order valence-corrected chi connectivity index (χ4v) is 8.00. The Morgan fingerprint density at radius 3 is 1.47 bits per heavy atom. The maximum atomic E-state index is 6.62. The predicted octanol–water partition coefficient (Wildman–Crippen LogP) is 14.0. The summed E-state index contributed by atoms with van der Waals surface area (Å²) in [5, 5.41) is 0. The molecule has 0 bridgehead atoms. The van der Waals surface area contributed by atoms with Crippen LogP contribution in [0.1, 0.15) is 186 Å². The van der Waals surface area contributed by atoms with E-state index < -0.39 is 0 Å². The molecule has 0 aliphatic carbocycles. The average molecular weight is 791 g/mol. The second kappa shape index (κ2) is 34.7. The van der Waals surface area contributed by atoms with E-state index in [1.807, 2.05) is 18.5 Å². The molecule has 6 nitrogen and oxygen atoms in total. The Balaban J connectivity index is 1.28. The van der Waals surface area contributed by atoms with Gasteiger partial charge in [0.15, 0.2) is 12.6 Å². The van der Waals surface area contributed by atoms with Gasteiger partial charge in [-0.05, 0) is 109 Å². The van der Waals surface area contributed by atoms with Crippen molar-refractivity contribution >= 4 is 0 Å². The minimum atomic E-state index is -0.108. The molecule has 324 valence electrons. The summed E-state index contributed by atoms with van der Waals surface area (Å²) in [7, 11) is 2.19. The van der Waals surface area contributed by atoms with Gasteiger partial charge in [-0.3, -0.25) is 4.98 Å². The van der Waals surface area contributed by atoms with Gasteiger partial charge in [-0.15, -0.1) is 0 Å². The zero-order valence-corrected chi connectivity index (χ0v) is 37.1. The molecule has 2 fully saturated rings. The second-order valence-electron chi connectivity index (χ2n) is 16.8. The molecule has 3 rings (SSSR count). The first-order valence-corrected chi connectivity index (χ1v) is 23.9. The second-order valence-corrected chi connectivity index (χ2v) is 16.8. The van der Waals surface area contributed by atoms with Crippen molar-refractivity contribution in [3.05, 3.63) is 78.7 Å². The Bertz CT molecular complexity index is 1100. The number of nitrogens with zero attached hydrogens (tertiary/aromatic N) is 2. The first kappa shape index (κ1) is 49.3. The van der Waals surface area contributed by atoms with Crippen LogP contribution in [0, 0.1) is 5.92 Å². The van der Waals surface area contributed by atoms with Gasteiger partial charge in [-0.1, -0.05) is 146 Å². The summed E-state index contributed by atoms with van der Waals surface area (Å²) in [4.78, 5) is 6.70. The molecule has 0 saturated carbocycles. The van der Waals surface area contributed by atoms with Crippen LogP contribution in [0.25, 0.3) is 0 Å². The molecule has 1 aromatic heterocycles. The van der Waals surface area contributed by atoms with Gasteiger partial charge in [-0.2, -0.15) is 0 Å². The van der Waals surface area contributed by atoms with E-state index in [4.69, 9.17) is 18.9 Å². The van der Waals surface area contributed by atoms with Crippen molar-refractivity contribution in [2.24, 2.45) is 5.92 Å². The SMILES string of the molecule is CCCCC/C=C\C/C=C\CCCCCCCCC1OCC(C(CN(C)Cc2cccnc2)C2COC(CCCCCCCC/C=C\C/C=C\CCCCC)O2)O1. The van der Waals surface area contributed by atoms with E-state index in [1.54, 1.807) is 0 Å². The molecule has 57 heavy (non-hydrogen) atoms. The normalized spacial score (nSPS) is 20.8. The highest BCUT2D eigenvalue weighted by Crippen LogP contribution is 2.31. The summed E-state index contributed by atoms with van der Waals surface area (Å²) in [6.45, 7) is 7.51. The van der Waals surface area contributed by atoms with Crippen molar-refractivity contribution in [3.63, 3.8) is 0 Å². The maximum absolute atomic E-state index is 6.62. The van der Waals surface area contributed by atoms with E-state index in [0.29, 0.717) is 13.2 Å². The van der Waals surface area contributed by atoms with Crippen LogP contribution in [-0.4, -0.2) is 61.5 Å². The van der Waals surface area contributed by atoms with Gasteiger partial charge in [0.1, 0.15) is 0 Å². The Hall–Kier alpha value is -2.09. The Morgan fingerprint density at radius 1 is 0.596 bits per heavy atom. The van der Waals surface area contributed by atoms with Crippen molar-refractivity contribution in [2.45, 2.75) is 212 Å². The van der Waals surface area contributed by atoms with E-state index in [1.165, 1.54) is 134 Å². The van der Waals surface area contributed by atoms with Gasteiger partial charge < -0.3 is 23.8 Å². The minimum absolute atomic E-state index is 0.0187. The molecule has 4 unspecified atom stereocenters. The first-order valence-electron chi connectivity index (χ1n) is 23.9. The standard InChI is InChI=1S/C51H86N2O4/c1-4-6-8-10-12-14-16-18-20-22-24-26-28-30-32-34-38-50-54-44-48(56-50)47(43-53(3)42-46-37-36-40-52-41-46)49-45-55-51(57-49)39-35-33-31-29-27-25-23-21-19-17-15-13-11-9-7-5-2/h12-15,18-21,36-37,40-41,47-51H,4-11,16-17,22-35,38-39,42-45H2,1-3H3/b14-12-,15-13-,20-18-,21-19-. The average Bonchev–Trinajstić information content (AvgIpc) is 3.90. The summed E-state index contributed by atoms with van der Waals surface area (Å²) >= 11 is 0. The molecule has 3 heterocycles. The third kappa shape index (κ3) is 25.2. The number of hydrogen-bond donors (Lipinski definition) is 0. The lowest BCUT2D eigenvalue weighted by Crippen LogP contribution is -2.42. The van der Waals surface area contributed by atoms with E-state index in [-0.39, 0.29) is 30.7 Å². The summed E-state index contributed by atoms with van der Waals surface area (Å²) < 4.78 is 25.8. The maximum Gasteiger partial charge on any atom is 0.158 e. The highest BCUT2D eigenvalue weighted by molar-refractivity contribution is 5.08. The van der Waals surface area contributed by atoms with Crippen LogP contribution < -0.4 is 0 Å². The summed E-state index contributed by atoms with van der Waals surface area (Å²) in [5.74, 6) is 0.188. The summed E-state index contributed by atoms with van der Waals surface area (Å²) in [6.07, 6.45) is 54.6. The van der Waals surface area contributed by atoms with Crippen molar-refractivity contribution in [1.82, 2.24) is 9.88 Å². The van der Waals surface area contributed by atoms with Crippen molar-refractivity contribution in [2.75, 3.05) is 26.8 Å². The largest absolute Gasteiger partial charge is 0.350 e. The fourth-order valence-electron chi connectivity index (χ4n) is 8.00. The number of allylic oxidation sites excluding steroid dienone is 8. The number of unbranched alkanes of at least 4 members (excludes halogenated alkanes) is 18. The molecule has 0 N–H and O–H groups in total. The van der Waals surface area contributed by atoms with Crippen LogP contribution >= 0.6 is 0 Å². The first-order chi connectivity index (χ1) is 28.2. The molecule has 6 heteroatoms. The highest BCUT2D eigenvalue weighted by Gasteiger charge is 2.41. The van der Waals surface area contributed by atoms with Crippen molar-refractivity contribution < 1.29 is 18.9 Å². The van der Waals surface area contributed by atoms with Gasteiger partial charge in [0.05, 0.1) is 25.4 Å². The van der Waals surface area contributed by atoms with Crippen molar-refractivity contribution in [1.29, 1.82) is 0 Å². The lowest BCUT2D eigenvalue weighted by atomic mass is 9.95. The molecule has 0 radical (unpaired) electrons. The topological polar surface area (TPSA) is 53.1 Å². The Kier molecular flexibility index (Phi) is 30.0. The number of pyridine rings is 1. The predicted molar refractivity (Wildman–Crippen MR) is 241 cm³/mol. The zero-order valence-electron chi connectivity index (χ0n) is 37.1. The van der Waals surface area contributed by atoms with Crippen LogP contribution in [0.15, 0.2) is 73.1 Å². The number of ether oxygens (including phenoxy) is 4. The molecule has 0 amide bonds. The van der Waals surface area contributed by atoms with Gasteiger partial charge in [-0.25, -0.2) is 0 Å². The monoisotopic (exact) mass is 791 g/mol. The number of hydrogen-bond acceptors (Lipinski definition) is 6. The summed E-state index contributed by atoms with van der Waals surface area (Å²) in [6, 6.07) is 4.16. The van der Waals surface area contributed by atoms with E-state index in [0.717, 1.165) is 51.6 Å². The number of aromatic nitrogens is 1. The lowest BCUT2D eigenvalue weighted by molar-refractivity contribution is -0.105. The van der Waals surface area contributed by atoms with Gasteiger partial charge in [0.25, 0.3) is 0 Å². The van der Waals surface area contributed by atoms with Crippen LogP contribution in [0.3, 0.4) is 0 Å².